The van der Waals surface area contributed by atoms with Crippen LogP contribution in [-0.4, -0.2) is 16.1 Å². The van der Waals surface area contributed by atoms with Crippen LogP contribution in [0.2, 0.25) is 5.02 Å². The molecule has 1 aromatic carbocycles. The van der Waals surface area contributed by atoms with Gasteiger partial charge in [-0.3, -0.25) is 9.89 Å². The molecule has 0 unspecified atom stereocenters. The average Bonchev–Trinajstić information content (AvgIpc) is 3.10. The monoisotopic (exact) mass is 331 g/mol. The zero-order chi connectivity index (χ0) is 15.5. The molecule has 2 N–H and O–H groups in total. The number of anilines is 1. The van der Waals surface area contributed by atoms with Crippen LogP contribution in [0, 0.1) is 6.92 Å². The molecule has 112 valence electrons. The third kappa shape index (κ3) is 3.21. The summed E-state index contributed by atoms with van der Waals surface area (Å²) in [5, 5.41) is 12.7. The molecule has 0 fully saturated rings. The fourth-order valence-electron chi connectivity index (χ4n) is 2.18. The van der Waals surface area contributed by atoms with Crippen molar-refractivity contribution in [2.75, 3.05) is 5.32 Å². The van der Waals surface area contributed by atoms with E-state index in [1.807, 2.05) is 42.6 Å². The first-order chi connectivity index (χ1) is 10.6. The van der Waals surface area contributed by atoms with E-state index in [1.54, 1.807) is 17.4 Å². The average molecular weight is 332 g/mol. The number of carbonyl (C=O) groups is 1. The molecule has 3 rings (SSSR count). The number of nitrogens with zero attached hydrogens (tertiary/aromatic N) is 1. The van der Waals surface area contributed by atoms with Gasteiger partial charge in [-0.15, -0.1) is 11.3 Å². The number of halogens is 1. The lowest BCUT2D eigenvalue weighted by atomic mass is 10.1. The summed E-state index contributed by atoms with van der Waals surface area (Å²) in [5.74, 6) is -0.0600. The van der Waals surface area contributed by atoms with Crippen LogP contribution in [0.25, 0.3) is 11.3 Å². The Balaban J connectivity index is 1.85. The smallest absolute Gasteiger partial charge is 0.229 e. The van der Waals surface area contributed by atoms with E-state index in [1.165, 1.54) is 0 Å². The van der Waals surface area contributed by atoms with Gasteiger partial charge in [0, 0.05) is 15.5 Å². The largest absolute Gasteiger partial charge is 0.322 e. The van der Waals surface area contributed by atoms with Crippen molar-refractivity contribution in [3.8, 4) is 11.3 Å². The van der Waals surface area contributed by atoms with Gasteiger partial charge in [-0.25, -0.2) is 0 Å². The highest BCUT2D eigenvalue weighted by Gasteiger charge is 2.15. The van der Waals surface area contributed by atoms with Crippen molar-refractivity contribution in [1.82, 2.24) is 10.2 Å². The number of H-pyrrole nitrogens is 1. The molecule has 0 aliphatic heterocycles. The summed E-state index contributed by atoms with van der Waals surface area (Å²) < 4.78 is 0. The SMILES string of the molecule is Cc1[nH]nc(-c2cccc(Cl)c2)c1NC(=O)Cc1cccs1. The number of carbonyl (C=O) groups excluding carboxylic acids is 1. The van der Waals surface area contributed by atoms with Gasteiger partial charge >= 0.3 is 0 Å². The van der Waals surface area contributed by atoms with Gasteiger partial charge in [0.05, 0.1) is 17.8 Å². The zero-order valence-corrected chi connectivity index (χ0v) is 13.5. The number of thiophene rings is 1. The topological polar surface area (TPSA) is 57.8 Å². The maximum absolute atomic E-state index is 12.2. The van der Waals surface area contributed by atoms with E-state index in [0.29, 0.717) is 22.8 Å². The third-order valence-electron chi connectivity index (χ3n) is 3.22. The van der Waals surface area contributed by atoms with Crippen LogP contribution in [0.15, 0.2) is 41.8 Å². The highest BCUT2D eigenvalue weighted by molar-refractivity contribution is 7.10. The molecule has 0 radical (unpaired) electrons. The summed E-state index contributed by atoms with van der Waals surface area (Å²) in [6.45, 7) is 1.88. The molecular formula is C16H14ClN3OS. The van der Waals surface area contributed by atoms with E-state index in [-0.39, 0.29) is 5.91 Å². The lowest BCUT2D eigenvalue weighted by molar-refractivity contribution is -0.115. The number of aromatic amines is 1. The summed E-state index contributed by atoms with van der Waals surface area (Å²) >= 11 is 7.60. The first-order valence-electron chi connectivity index (χ1n) is 6.76. The van der Waals surface area contributed by atoms with Crippen molar-refractivity contribution in [2.24, 2.45) is 0 Å². The van der Waals surface area contributed by atoms with Gasteiger partial charge in [0.25, 0.3) is 0 Å². The van der Waals surface area contributed by atoms with Crippen molar-refractivity contribution < 1.29 is 4.79 Å². The number of aryl methyl sites for hydroxylation is 1. The van der Waals surface area contributed by atoms with Crippen molar-refractivity contribution in [1.29, 1.82) is 0 Å². The first-order valence-corrected chi connectivity index (χ1v) is 8.02. The molecule has 1 amide bonds. The molecule has 2 aromatic heterocycles. The second kappa shape index (κ2) is 6.34. The Morgan fingerprint density at radius 3 is 2.95 bits per heavy atom. The predicted molar refractivity (Wildman–Crippen MR) is 90.4 cm³/mol. The van der Waals surface area contributed by atoms with Crippen molar-refractivity contribution in [2.45, 2.75) is 13.3 Å². The fraction of sp³-hybridized carbons (Fsp3) is 0.125. The van der Waals surface area contributed by atoms with Crippen molar-refractivity contribution in [3.05, 3.63) is 57.4 Å². The normalized spacial score (nSPS) is 10.6. The predicted octanol–water partition coefficient (Wildman–Crippen LogP) is 4.28. The lowest BCUT2D eigenvalue weighted by Gasteiger charge is -2.07. The molecule has 6 heteroatoms. The number of nitrogens with one attached hydrogen (secondary N) is 2. The van der Waals surface area contributed by atoms with Crippen molar-refractivity contribution >= 4 is 34.5 Å². The van der Waals surface area contributed by atoms with Gasteiger partial charge in [-0.2, -0.15) is 5.10 Å². The maximum atomic E-state index is 12.2. The van der Waals surface area contributed by atoms with E-state index in [9.17, 15) is 4.79 Å². The van der Waals surface area contributed by atoms with Gasteiger partial charge in [0.15, 0.2) is 0 Å². The van der Waals surface area contributed by atoms with E-state index >= 15 is 0 Å². The zero-order valence-electron chi connectivity index (χ0n) is 11.9. The first kappa shape index (κ1) is 14.8. The van der Waals surface area contributed by atoms with Gasteiger partial charge in [-0.05, 0) is 30.5 Å². The summed E-state index contributed by atoms with van der Waals surface area (Å²) in [4.78, 5) is 13.2. The van der Waals surface area contributed by atoms with E-state index in [2.05, 4.69) is 15.5 Å². The Hall–Kier alpha value is -2.11. The van der Waals surface area contributed by atoms with Gasteiger partial charge < -0.3 is 5.32 Å². The number of hydrogen-bond donors (Lipinski definition) is 2. The van der Waals surface area contributed by atoms with Crippen LogP contribution in [0.3, 0.4) is 0 Å². The van der Waals surface area contributed by atoms with E-state index in [4.69, 9.17) is 11.6 Å². The molecule has 22 heavy (non-hydrogen) atoms. The quantitative estimate of drug-likeness (QED) is 0.749. The van der Waals surface area contributed by atoms with Crippen LogP contribution >= 0.6 is 22.9 Å². The molecule has 2 heterocycles. The molecule has 0 bridgehead atoms. The summed E-state index contributed by atoms with van der Waals surface area (Å²) in [5.41, 5.74) is 3.07. The maximum Gasteiger partial charge on any atom is 0.229 e. The van der Waals surface area contributed by atoms with Gasteiger partial charge in [0.1, 0.15) is 5.69 Å². The van der Waals surface area contributed by atoms with E-state index in [0.717, 1.165) is 16.1 Å². The number of amides is 1. The molecule has 0 spiro atoms. The number of aromatic nitrogens is 2. The fourth-order valence-corrected chi connectivity index (χ4v) is 3.08. The summed E-state index contributed by atoms with van der Waals surface area (Å²) in [7, 11) is 0. The van der Waals surface area contributed by atoms with Crippen LogP contribution in [-0.2, 0) is 11.2 Å². The lowest BCUT2D eigenvalue weighted by Crippen LogP contribution is -2.14. The minimum absolute atomic E-state index is 0.0600. The Bertz CT molecular complexity index is 796. The van der Waals surface area contributed by atoms with Crippen molar-refractivity contribution in [3.63, 3.8) is 0 Å². The number of rotatable bonds is 4. The second-order valence-electron chi connectivity index (χ2n) is 4.89. The minimum atomic E-state index is -0.0600. The minimum Gasteiger partial charge on any atom is -0.322 e. The Kier molecular flexibility index (Phi) is 4.27. The molecular weight excluding hydrogens is 318 g/mol. The Morgan fingerprint density at radius 1 is 1.36 bits per heavy atom. The third-order valence-corrected chi connectivity index (χ3v) is 4.34. The summed E-state index contributed by atoms with van der Waals surface area (Å²) in [6, 6.07) is 11.3. The summed E-state index contributed by atoms with van der Waals surface area (Å²) in [6.07, 6.45) is 0.358. The highest BCUT2D eigenvalue weighted by Crippen LogP contribution is 2.30. The van der Waals surface area contributed by atoms with Crippen LogP contribution < -0.4 is 5.32 Å². The molecule has 0 aliphatic rings. The Labute approximate surface area is 137 Å². The molecule has 0 saturated heterocycles. The molecule has 3 aromatic rings. The van der Waals surface area contributed by atoms with Crippen LogP contribution in [0.4, 0.5) is 5.69 Å². The standard InChI is InChI=1S/C16H14ClN3OS/c1-10-15(18-14(21)9-13-6-3-7-22-13)16(20-19-10)11-4-2-5-12(17)8-11/h2-8H,9H2,1H3,(H,18,21)(H,19,20). The van der Waals surface area contributed by atoms with Crippen LogP contribution in [0.5, 0.6) is 0 Å². The Morgan fingerprint density at radius 2 is 2.23 bits per heavy atom. The van der Waals surface area contributed by atoms with Gasteiger partial charge in [0.2, 0.25) is 5.91 Å². The number of hydrogen-bond acceptors (Lipinski definition) is 3. The van der Waals surface area contributed by atoms with Crippen LogP contribution in [0.1, 0.15) is 10.6 Å². The molecule has 0 atom stereocenters. The molecule has 0 saturated carbocycles. The van der Waals surface area contributed by atoms with Gasteiger partial charge in [-0.1, -0.05) is 29.8 Å². The second-order valence-corrected chi connectivity index (χ2v) is 6.36. The molecule has 4 nitrogen and oxygen atoms in total. The highest BCUT2D eigenvalue weighted by atomic mass is 35.5. The number of benzene rings is 1. The van der Waals surface area contributed by atoms with E-state index < -0.39 is 0 Å². The molecule has 0 aliphatic carbocycles.